The van der Waals surface area contributed by atoms with E-state index in [9.17, 15) is 4.79 Å². The molecule has 188 valence electrons. The number of hydrogen-bond acceptors (Lipinski definition) is 8. The highest BCUT2D eigenvalue weighted by Gasteiger charge is 2.38. The first-order valence-electron chi connectivity index (χ1n) is 11.2. The number of methoxy groups -OCH3 is 1. The zero-order chi connectivity index (χ0) is 25.8. The number of ether oxygens (including phenoxy) is 1. The Bertz CT molecular complexity index is 1120. The highest BCUT2D eigenvalue weighted by Crippen LogP contribution is 2.38. The molecule has 0 aliphatic carbocycles. The van der Waals surface area contributed by atoms with Gasteiger partial charge in [-0.1, -0.05) is 11.6 Å². The summed E-state index contributed by atoms with van der Waals surface area (Å²) < 4.78 is 5.79. The maximum atomic E-state index is 11.1. The largest absolute Gasteiger partial charge is 0.463 e. The molecule has 2 aromatic rings. The molecule has 1 atom stereocenters. The Labute approximate surface area is 209 Å². The van der Waals surface area contributed by atoms with Gasteiger partial charge in [0.15, 0.2) is 17.5 Å². The van der Waals surface area contributed by atoms with Gasteiger partial charge in [0.05, 0.1) is 17.3 Å². The zero-order valence-electron chi connectivity index (χ0n) is 20.4. The van der Waals surface area contributed by atoms with E-state index in [4.69, 9.17) is 27.2 Å². The van der Waals surface area contributed by atoms with Crippen molar-refractivity contribution in [2.45, 2.75) is 45.3 Å². The Kier molecular flexibility index (Phi) is 8.36. The predicted octanol–water partition coefficient (Wildman–Crippen LogP) is 3.58. The van der Waals surface area contributed by atoms with Crippen LogP contribution in [-0.2, 0) is 4.74 Å². The average Bonchev–Trinajstić information content (AvgIpc) is 3.30. The van der Waals surface area contributed by atoms with E-state index < -0.39 is 6.09 Å². The van der Waals surface area contributed by atoms with Gasteiger partial charge in [-0.25, -0.2) is 19.8 Å². The van der Waals surface area contributed by atoms with Crippen molar-refractivity contribution in [1.82, 2.24) is 19.9 Å². The molecule has 0 bridgehead atoms. The molecule has 1 unspecified atom stereocenters. The number of nitrogens with zero attached hydrogens (tertiary/aromatic N) is 7. The lowest BCUT2D eigenvalue weighted by atomic mass is 9.96. The number of nitrogens with two attached hydrogens (primary N) is 1. The number of carboxylic acid groups (broad SMARTS) is 1. The van der Waals surface area contributed by atoms with Crippen molar-refractivity contribution < 1.29 is 14.6 Å². The van der Waals surface area contributed by atoms with Crippen molar-refractivity contribution in [3.8, 4) is 11.3 Å². The second kappa shape index (κ2) is 11.1. The summed E-state index contributed by atoms with van der Waals surface area (Å²) in [5.74, 6) is -0.184. The first kappa shape index (κ1) is 26.5. The molecule has 3 rings (SSSR count). The van der Waals surface area contributed by atoms with Gasteiger partial charge >= 0.3 is 6.09 Å². The van der Waals surface area contributed by atoms with Gasteiger partial charge in [0.1, 0.15) is 11.4 Å². The highest BCUT2D eigenvalue weighted by molar-refractivity contribution is 6.30. The summed E-state index contributed by atoms with van der Waals surface area (Å²) in [4.78, 5) is 36.2. The zero-order valence-corrected chi connectivity index (χ0v) is 21.2. The van der Waals surface area contributed by atoms with E-state index in [1.165, 1.54) is 6.20 Å². The first-order chi connectivity index (χ1) is 16.6. The van der Waals surface area contributed by atoms with Gasteiger partial charge in [0, 0.05) is 44.2 Å². The lowest BCUT2D eigenvalue weighted by molar-refractivity contribution is -0.0398. The molecular weight excluding hydrogens is 472 g/mol. The van der Waals surface area contributed by atoms with Gasteiger partial charge < -0.3 is 20.5 Å². The molecule has 35 heavy (non-hydrogen) atoms. The number of aliphatic imine (C=N–C) groups is 2. The van der Waals surface area contributed by atoms with Gasteiger partial charge in [-0.15, -0.1) is 0 Å². The predicted molar refractivity (Wildman–Crippen MR) is 137 cm³/mol. The number of likely N-dealkylation sites (tertiary alicyclic amines) is 1. The second-order valence-electron chi connectivity index (χ2n) is 8.67. The number of aromatic nitrogens is 3. The molecule has 11 nitrogen and oxygen atoms in total. The van der Waals surface area contributed by atoms with Crippen molar-refractivity contribution in [2.24, 2.45) is 15.7 Å². The summed E-state index contributed by atoms with van der Waals surface area (Å²) in [5.41, 5.74) is 7.20. The molecule has 3 heterocycles. The minimum atomic E-state index is -1.45. The fourth-order valence-electron chi connectivity index (χ4n) is 4.32. The molecule has 1 aliphatic heterocycles. The third-order valence-corrected chi connectivity index (χ3v) is 6.39. The number of halogens is 1. The van der Waals surface area contributed by atoms with E-state index in [0.717, 1.165) is 19.4 Å². The Balaban J connectivity index is 2.16. The van der Waals surface area contributed by atoms with Crippen LogP contribution in [0, 0.1) is 0 Å². The Hall–Kier alpha value is -3.15. The Morgan fingerprint density at radius 3 is 2.77 bits per heavy atom. The molecular formula is C23H31ClN8O3. The van der Waals surface area contributed by atoms with Gasteiger partial charge in [-0.3, -0.25) is 9.88 Å². The molecule has 3 N–H and O–H groups in total. The Morgan fingerprint density at radius 1 is 1.43 bits per heavy atom. The molecule has 0 spiro atoms. The van der Waals surface area contributed by atoms with E-state index in [2.05, 4.69) is 55.3 Å². The van der Waals surface area contributed by atoms with Gasteiger partial charge in [0.2, 0.25) is 0 Å². The SMILES string of the molecule is C=Nc1nc(/C(N)=N/C(=O)O)nc(-c2cncc(Cl)c2)c1N(CC)CN1CCCC1C(C)(C)OC. The lowest BCUT2D eigenvalue weighted by Crippen LogP contribution is -2.50. The molecule has 2 aromatic heterocycles. The molecule has 1 aliphatic rings. The third-order valence-electron chi connectivity index (χ3n) is 6.18. The molecule has 12 heteroatoms. The van der Waals surface area contributed by atoms with Crippen LogP contribution < -0.4 is 10.6 Å². The van der Waals surface area contributed by atoms with Crippen LogP contribution in [0.15, 0.2) is 28.4 Å². The summed E-state index contributed by atoms with van der Waals surface area (Å²) in [5, 5.41) is 9.45. The van der Waals surface area contributed by atoms with Crippen molar-refractivity contribution >= 4 is 41.8 Å². The third kappa shape index (κ3) is 5.92. The van der Waals surface area contributed by atoms with E-state index in [1.807, 2.05) is 6.92 Å². The number of amides is 1. The molecule has 1 amide bonds. The summed E-state index contributed by atoms with van der Waals surface area (Å²) in [6.45, 7) is 12.0. The number of rotatable bonds is 9. The minimum Gasteiger partial charge on any atom is -0.463 e. The molecule has 1 fully saturated rings. The van der Waals surface area contributed by atoms with Crippen LogP contribution in [0.3, 0.4) is 0 Å². The summed E-state index contributed by atoms with van der Waals surface area (Å²) in [6, 6.07) is 1.93. The van der Waals surface area contributed by atoms with Crippen LogP contribution in [0.25, 0.3) is 11.3 Å². The smallest absolute Gasteiger partial charge is 0.433 e. The van der Waals surface area contributed by atoms with E-state index in [-0.39, 0.29) is 29.1 Å². The maximum absolute atomic E-state index is 11.1. The van der Waals surface area contributed by atoms with Crippen molar-refractivity contribution in [2.75, 3.05) is 31.8 Å². The number of carbonyl (C=O) groups is 1. The minimum absolute atomic E-state index is 0.0795. The van der Waals surface area contributed by atoms with Crippen LogP contribution in [0.1, 0.15) is 39.4 Å². The summed E-state index contributed by atoms with van der Waals surface area (Å²) in [7, 11) is 1.73. The quantitative estimate of drug-likeness (QED) is 0.388. The van der Waals surface area contributed by atoms with Crippen LogP contribution in [0.4, 0.5) is 16.3 Å². The molecule has 0 radical (unpaired) electrons. The molecule has 0 aromatic carbocycles. The lowest BCUT2D eigenvalue weighted by Gasteiger charge is -2.39. The average molecular weight is 503 g/mol. The van der Waals surface area contributed by atoms with Crippen LogP contribution in [0.5, 0.6) is 0 Å². The van der Waals surface area contributed by atoms with Gasteiger partial charge in [-0.2, -0.15) is 4.99 Å². The number of anilines is 1. The normalized spacial score (nSPS) is 16.9. The molecule has 1 saturated heterocycles. The number of amidine groups is 1. The summed E-state index contributed by atoms with van der Waals surface area (Å²) >= 11 is 6.22. The fourth-order valence-corrected chi connectivity index (χ4v) is 4.50. The monoisotopic (exact) mass is 502 g/mol. The topological polar surface area (TPSA) is 142 Å². The van der Waals surface area contributed by atoms with Crippen molar-refractivity contribution in [3.63, 3.8) is 0 Å². The highest BCUT2D eigenvalue weighted by atomic mass is 35.5. The number of hydrogen-bond donors (Lipinski definition) is 2. The standard InChI is InChI=1S/C23H31ClN8O3/c1-6-31(13-32-9-7-8-16(32)23(2,3)35-5)18-17(14-10-15(24)12-27-11-14)28-21(30-20(18)26-4)19(25)29-22(33)34/h10-12,16H,4,6-9,13H2,1-3,5H3,(H2,25,29)(H,33,34). The maximum Gasteiger partial charge on any atom is 0.433 e. The second-order valence-corrected chi connectivity index (χ2v) is 9.11. The Morgan fingerprint density at radius 2 is 2.17 bits per heavy atom. The van der Waals surface area contributed by atoms with Crippen LogP contribution in [0.2, 0.25) is 5.02 Å². The van der Waals surface area contributed by atoms with Crippen molar-refractivity contribution in [3.05, 3.63) is 29.3 Å². The molecule has 0 saturated carbocycles. The first-order valence-corrected chi connectivity index (χ1v) is 11.6. The van der Waals surface area contributed by atoms with Crippen LogP contribution in [-0.4, -0.2) is 82.1 Å². The van der Waals surface area contributed by atoms with Gasteiger partial charge in [0.25, 0.3) is 0 Å². The summed E-state index contributed by atoms with van der Waals surface area (Å²) in [6.07, 6.45) is 3.75. The van der Waals surface area contributed by atoms with E-state index in [1.54, 1.807) is 19.4 Å². The van der Waals surface area contributed by atoms with Crippen molar-refractivity contribution in [1.29, 1.82) is 0 Å². The van der Waals surface area contributed by atoms with E-state index in [0.29, 0.717) is 35.2 Å². The van der Waals surface area contributed by atoms with Crippen LogP contribution >= 0.6 is 11.6 Å². The van der Waals surface area contributed by atoms with Gasteiger partial charge in [-0.05, 0) is 46.4 Å². The number of pyridine rings is 1. The fraction of sp³-hybridized carbons (Fsp3) is 0.478. The van der Waals surface area contributed by atoms with E-state index >= 15 is 0 Å².